The molecule has 0 radical (unpaired) electrons. The van der Waals surface area contributed by atoms with Gasteiger partial charge in [0.2, 0.25) is 35.4 Å². The van der Waals surface area contributed by atoms with Crippen molar-refractivity contribution in [3.63, 3.8) is 0 Å². The van der Waals surface area contributed by atoms with Crippen molar-refractivity contribution in [1.82, 2.24) is 36.5 Å². The fourth-order valence-electron chi connectivity index (χ4n) is 8.95. The van der Waals surface area contributed by atoms with Gasteiger partial charge in [0.1, 0.15) is 36.3 Å². The van der Waals surface area contributed by atoms with Crippen molar-refractivity contribution in [3.05, 3.63) is 71.9 Å². The number of nitrogens with zero attached hydrogens (tertiary/aromatic N) is 2. The van der Waals surface area contributed by atoms with Crippen molar-refractivity contribution < 1.29 is 38.7 Å². The topological polar surface area (TPSA) is 309 Å². The molecule has 1 saturated heterocycles. The number of para-hydroxylation sites is 1. The number of nitrogens with one attached hydrogen (secondary N) is 6. The number of carbonyl (C=O) groups excluding carboxylic acids is 6. The third-order valence-corrected chi connectivity index (χ3v) is 12.3. The van der Waals surface area contributed by atoms with Crippen LogP contribution in [0.4, 0.5) is 0 Å². The lowest BCUT2D eigenvalue weighted by atomic mass is 9.84. The number of fused-ring (bicyclic) bond motifs is 1. The van der Waals surface area contributed by atoms with Crippen LogP contribution in [0.2, 0.25) is 0 Å². The number of hydrogen-bond acceptors (Lipinski definition) is 9. The first-order valence-electron chi connectivity index (χ1n) is 23.1. The summed E-state index contributed by atoms with van der Waals surface area (Å²) in [7, 11) is 0. The van der Waals surface area contributed by atoms with Gasteiger partial charge in [-0.3, -0.25) is 33.8 Å². The van der Waals surface area contributed by atoms with E-state index in [2.05, 4.69) is 36.6 Å². The number of carboxylic acid groups (broad SMARTS) is 1. The Hall–Kier alpha value is -6.50. The van der Waals surface area contributed by atoms with E-state index in [4.69, 9.17) is 17.2 Å². The van der Waals surface area contributed by atoms with E-state index in [-0.39, 0.29) is 70.0 Å². The number of aliphatic imine (C=N–C) groups is 1. The first kappa shape index (κ1) is 50.5. The second kappa shape index (κ2) is 25.3. The first-order chi connectivity index (χ1) is 31.7. The van der Waals surface area contributed by atoms with E-state index in [0.717, 1.165) is 48.6 Å². The summed E-state index contributed by atoms with van der Waals surface area (Å²) in [6, 6.07) is 9.98. The van der Waals surface area contributed by atoms with Crippen LogP contribution in [0.15, 0.2) is 65.8 Å². The molecule has 1 aliphatic heterocycles. The highest BCUT2D eigenvalue weighted by molar-refractivity contribution is 5.97. The Labute approximate surface area is 385 Å². The molecule has 1 aromatic heterocycles. The zero-order valence-corrected chi connectivity index (χ0v) is 37.8. The van der Waals surface area contributed by atoms with Crippen LogP contribution in [-0.2, 0) is 46.4 Å². The Balaban J connectivity index is 1.36. The van der Waals surface area contributed by atoms with Crippen molar-refractivity contribution in [3.8, 4) is 0 Å². The van der Waals surface area contributed by atoms with Gasteiger partial charge in [0.05, 0.1) is 0 Å². The first-order valence-corrected chi connectivity index (χ1v) is 23.1. The number of guanidine groups is 1. The Kier molecular flexibility index (Phi) is 19.3. The average Bonchev–Trinajstić information content (AvgIpc) is 3.96. The molecule has 19 heteroatoms. The Morgan fingerprint density at radius 1 is 0.742 bits per heavy atom. The SMILES string of the molecule is CC(=O)N[C@@H](Cc1ccccc1)C(=O)N[C@@H](CCCN)C(=O)N1CCC[C@H]1C(=O)N[C@H](CC1CCCCC1)C(=O)N[C@H](Cc1c[nH]c2ccccc12)C(=O)N[C@H](CCCN=C(N)N)C(=O)O. The van der Waals surface area contributed by atoms with Gasteiger partial charge in [-0.1, -0.05) is 80.6 Å². The number of hydrogen-bond donors (Lipinski definition) is 10. The van der Waals surface area contributed by atoms with Gasteiger partial charge in [-0.05, 0) is 74.6 Å². The van der Waals surface area contributed by atoms with Crippen molar-refractivity contribution in [2.75, 3.05) is 19.6 Å². The Morgan fingerprint density at radius 3 is 2.06 bits per heavy atom. The van der Waals surface area contributed by atoms with Crippen LogP contribution in [0.25, 0.3) is 10.9 Å². The van der Waals surface area contributed by atoms with E-state index >= 15 is 0 Å². The summed E-state index contributed by atoms with van der Waals surface area (Å²) in [5.41, 5.74) is 19.0. The summed E-state index contributed by atoms with van der Waals surface area (Å²) in [6.45, 7) is 1.94. The monoisotopic (exact) mass is 914 g/mol. The minimum atomic E-state index is -1.31. The van der Waals surface area contributed by atoms with Crippen LogP contribution in [0.1, 0.15) is 95.1 Å². The highest BCUT2D eigenvalue weighted by atomic mass is 16.4. The van der Waals surface area contributed by atoms with Gasteiger partial charge >= 0.3 is 5.97 Å². The molecule has 358 valence electrons. The molecule has 0 bridgehead atoms. The van der Waals surface area contributed by atoms with Crippen molar-refractivity contribution in [1.29, 1.82) is 0 Å². The largest absolute Gasteiger partial charge is 0.480 e. The zero-order chi connectivity index (χ0) is 47.6. The lowest BCUT2D eigenvalue weighted by molar-refractivity contribution is -0.143. The van der Waals surface area contributed by atoms with Crippen LogP contribution in [-0.4, -0.2) is 118 Å². The van der Waals surface area contributed by atoms with Gasteiger partial charge in [0.15, 0.2) is 5.96 Å². The predicted octanol–water partition coefficient (Wildman–Crippen LogP) is 1.24. The molecule has 6 atom stereocenters. The van der Waals surface area contributed by atoms with Crippen LogP contribution in [0, 0.1) is 5.92 Å². The van der Waals surface area contributed by atoms with Crippen molar-refractivity contribution in [2.24, 2.45) is 28.1 Å². The lowest BCUT2D eigenvalue weighted by Gasteiger charge is -2.32. The molecule has 5 rings (SSSR count). The molecule has 19 nitrogen and oxygen atoms in total. The van der Waals surface area contributed by atoms with E-state index in [0.29, 0.717) is 24.8 Å². The summed E-state index contributed by atoms with van der Waals surface area (Å²) in [4.78, 5) is 104. The van der Waals surface area contributed by atoms with Crippen LogP contribution >= 0.6 is 0 Å². The molecular weight excluding hydrogens is 847 g/mol. The van der Waals surface area contributed by atoms with E-state index in [1.165, 1.54) is 11.8 Å². The number of carbonyl (C=O) groups is 7. The maximum atomic E-state index is 14.6. The number of likely N-dealkylation sites (tertiary alicyclic amines) is 1. The van der Waals surface area contributed by atoms with Gasteiger partial charge in [-0.15, -0.1) is 0 Å². The molecule has 66 heavy (non-hydrogen) atoms. The molecule has 1 saturated carbocycles. The summed E-state index contributed by atoms with van der Waals surface area (Å²) >= 11 is 0. The predicted molar refractivity (Wildman–Crippen MR) is 249 cm³/mol. The number of H-pyrrole nitrogens is 1. The second-order valence-electron chi connectivity index (χ2n) is 17.4. The fourth-order valence-corrected chi connectivity index (χ4v) is 8.95. The minimum absolute atomic E-state index is 0.000969. The molecule has 1 aliphatic carbocycles. The van der Waals surface area contributed by atoms with Crippen LogP contribution < -0.4 is 43.8 Å². The van der Waals surface area contributed by atoms with Gasteiger partial charge in [-0.25, -0.2) is 4.79 Å². The number of rotatable bonds is 24. The molecule has 0 unspecified atom stereocenters. The highest BCUT2D eigenvalue weighted by Gasteiger charge is 2.40. The molecule has 2 fully saturated rings. The maximum Gasteiger partial charge on any atom is 0.326 e. The number of benzene rings is 2. The number of nitrogens with two attached hydrogens (primary N) is 3. The molecule has 2 heterocycles. The van der Waals surface area contributed by atoms with Crippen LogP contribution in [0.3, 0.4) is 0 Å². The molecular formula is C47H67N11O8. The third-order valence-electron chi connectivity index (χ3n) is 12.3. The average molecular weight is 914 g/mol. The number of aliphatic carboxylic acids is 1. The van der Waals surface area contributed by atoms with Crippen molar-refractivity contribution in [2.45, 2.75) is 133 Å². The van der Waals surface area contributed by atoms with Crippen molar-refractivity contribution >= 4 is 58.3 Å². The van der Waals surface area contributed by atoms with Gasteiger partial charge in [0.25, 0.3) is 0 Å². The van der Waals surface area contributed by atoms with E-state index in [1.54, 1.807) is 6.20 Å². The minimum Gasteiger partial charge on any atom is -0.480 e. The normalized spacial score (nSPS) is 17.4. The number of aromatic amines is 1. The van der Waals surface area contributed by atoms with Gasteiger partial charge in [0, 0.05) is 50.0 Å². The van der Waals surface area contributed by atoms with Gasteiger partial charge in [-0.2, -0.15) is 0 Å². The standard InChI is InChI=1S/C47H67N11O8/c1-29(59)53-37(25-30-13-4-2-5-14-30)41(60)54-35(19-10-22-48)45(64)58-24-12-21-40(58)44(63)57-38(26-31-15-6-3-7-16-31)42(61)56-39(27-32-28-52-34-18-9-8-17-33(32)34)43(62)55-36(46(65)66)20-11-23-51-47(49)50/h2,4-5,8-9,13-14,17-18,28,31,35-40,52H,3,6-7,10-12,15-16,19-27,48H2,1H3,(H,53,59)(H,54,60)(H,55,62)(H,56,61)(H,57,63)(H,65,66)(H4,49,50,51)/t35-,36+,37-,38+,39+,40-/m0/s1. The maximum absolute atomic E-state index is 14.6. The van der Waals surface area contributed by atoms with Gasteiger partial charge < -0.3 is 58.8 Å². The highest BCUT2D eigenvalue weighted by Crippen LogP contribution is 2.28. The van der Waals surface area contributed by atoms with Crippen LogP contribution in [0.5, 0.6) is 0 Å². The number of aromatic nitrogens is 1. The summed E-state index contributed by atoms with van der Waals surface area (Å²) in [6.07, 6.45) is 8.55. The summed E-state index contributed by atoms with van der Waals surface area (Å²) in [5.74, 6) is -4.66. The number of carboxylic acids is 1. The number of amides is 6. The zero-order valence-electron chi connectivity index (χ0n) is 37.8. The smallest absolute Gasteiger partial charge is 0.326 e. The van der Waals surface area contributed by atoms with E-state index in [9.17, 15) is 38.7 Å². The third kappa shape index (κ3) is 15.0. The summed E-state index contributed by atoms with van der Waals surface area (Å²) in [5, 5.41) is 24.8. The molecule has 2 aromatic carbocycles. The molecule has 0 spiro atoms. The fraction of sp³-hybridized carbons (Fsp3) is 0.532. The summed E-state index contributed by atoms with van der Waals surface area (Å²) < 4.78 is 0. The molecule has 3 aromatic rings. The molecule has 13 N–H and O–H groups in total. The quantitative estimate of drug-likeness (QED) is 0.0346. The Bertz CT molecular complexity index is 2150. The van der Waals surface area contributed by atoms with E-state index < -0.39 is 77.7 Å². The second-order valence-corrected chi connectivity index (χ2v) is 17.4. The van der Waals surface area contributed by atoms with E-state index in [1.807, 2.05) is 54.6 Å². The lowest BCUT2D eigenvalue weighted by Crippen LogP contribution is -2.59. The molecule has 6 amide bonds. The molecule has 2 aliphatic rings. The Morgan fingerprint density at radius 2 is 1.38 bits per heavy atom.